The van der Waals surface area contributed by atoms with Gasteiger partial charge in [-0.25, -0.2) is 0 Å². The van der Waals surface area contributed by atoms with Crippen LogP contribution in [0, 0.1) is 13.8 Å². The van der Waals surface area contributed by atoms with E-state index in [0.29, 0.717) is 17.3 Å². The number of hydrogen-bond acceptors (Lipinski definition) is 6. The number of nitrogens with one attached hydrogen (secondary N) is 1. The molecule has 2 heterocycles. The molecule has 2 aliphatic rings. The van der Waals surface area contributed by atoms with Crippen molar-refractivity contribution < 1.29 is 9.32 Å². The van der Waals surface area contributed by atoms with Gasteiger partial charge in [0.2, 0.25) is 0 Å². The van der Waals surface area contributed by atoms with Crippen LogP contribution in [0.25, 0.3) is 0 Å². The number of hydrogen-bond donors (Lipinski definition) is 2. The zero-order valence-electron chi connectivity index (χ0n) is 16.0. The Balaban J connectivity index is 0.00000210. The number of aromatic nitrogens is 4. The second-order valence-corrected chi connectivity index (χ2v) is 7.85. The Kier molecular flexibility index (Phi) is 5.07. The third-order valence-electron chi connectivity index (χ3n) is 6.07. The molecule has 148 valence electrons. The van der Waals surface area contributed by atoms with Crippen molar-refractivity contribution >= 4 is 18.3 Å². The molecule has 0 radical (unpaired) electrons. The van der Waals surface area contributed by atoms with Crippen LogP contribution in [-0.4, -0.2) is 25.8 Å². The van der Waals surface area contributed by atoms with Crippen molar-refractivity contribution in [2.75, 3.05) is 0 Å². The lowest BCUT2D eigenvalue weighted by atomic mass is 9.77. The van der Waals surface area contributed by atoms with Gasteiger partial charge >= 0.3 is 0 Å². The fraction of sp³-hybridized carbons (Fsp3) is 0.667. The average Bonchev–Trinajstić information content (AvgIpc) is 3.26. The summed E-state index contributed by atoms with van der Waals surface area (Å²) < 4.78 is 7.33. The Bertz CT molecular complexity index is 848. The second-order valence-electron chi connectivity index (χ2n) is 7.85. The van der Waals surface area contributed by atoms with E-state index in [1.54, 1.807) is 4.68 Å². The maximum absolute atomic E-state index is 13.0. The van der Waals surface area contributed by atoms with Crippen LogP contribution in [0.5, 0.6) is 0 Å². The summed E-state index contributed by atoms with van der Waals surface area (Å²) in [5, 5.41) is 11.7. The van der Waals surface area contributed by atoms with Gasteiger partial charge in [-0.05, 0) is 46.0 Å². The first-order valence-electron chi connectivity index (χ1n) is 9.31. The van der Waals surface area contributed by atoms with E-state index < -0.39 is 11.1 Å². The highest BCUT2D eigenvalue weighted by Crippen LogP contribution is 2.41. The molecule has 2 fully saturated rings. The van der Waals surface area contributed by atoms with E-state index in [2.05, 4.69) is 20.6 Å². The lowest BCUT2D eigenvalue weighted by Gasteiger charge is -2.34. The molecule has 8 nitrogen and oxygen atoms in total. The number of aryl methyl sites for hydroxylation is 2. The monoisotopic (exact) mass is 394 g/mol. The van der Waals surface area contributed by atoms with Crippen LogP contribution in [0.3, 0.4) is 0 Å². The molecule has 3 N–H and O–H groups in total. The first-order chi connectivity index (χ1) is 12.3. The summed E-state index contributed by atoms with van der Waals surface area (Å²) in [4.78, 5) is 17.6. The number of nitrogens with zero attached hydrogens (tertiary/aromatic N) is 4. The van der Waals surface area contributed by atoms with Crippen LogP contribution in [0.2, 0.25) is 0 Å². The van der Waals surface area contributed by atoms with Crippen molar-refractivity contribution in [3.05, 3.63) is 28.7 Å². The van der Waals surface area contributed by atoms with Crippen LogP contribution in [0.1, 0.15) is 78.4 Å². The van der Waals surface area contributed by atoms with Gasteiger partial charge in [0.1, 0.15) is 5.54 Å². The van der Waals surface area contributed by atoms with Gasteiger partial charge in [0.05, 0.1) is 16.8 Å². The second kappa shape index (κ2) is 6.91. The fourth-order valence-corrected chi connectivity index (χ4v) is 4.15. The molecule has 1 amide bonds. The van der Waals surface area contributed by atoms with E-state index in [1.165, 1.54) is 0 Å². The Labute approximate surface area is 164 Å². The number of halogens is 1. The molecular weight excluding hydrogens is 368 g/mol. The Hall–Kier alpha value is -1.93. The molecule has 0 aromatic carbocycles. The van der Waals surface area contributed by atoms with Gasteiger partial charge in [-0.1, -0.05) is 18.0 Å². The summed E-state index contributed by atoms with van der Waals surface area (Å²) in [7, 11) is 1.84. The molecule has 0 bridgehead atoms. The van der Waals surface area contributed by atoms with Gasteiger partial charge in [-0.15, -0.1) is 12.4 Å². The maximum atomic E-state index is 13.0. The minimum atomic E-state index is -0.614. The van der Waals surface area contributed by atoms with Crippen molar-refractivity contribution in [2.24, 2.45) is 12.8 Å². The molecule has 0 unspecified atom stereocenters. The summed E-state index contributed by atoms with van der Waals surface area (Å²) >= 11 is 0. The number of nitrogens with two attached hydrogens (primary N) is 1. The van der Waals surface area contributed by atoms with Crippen molar-refractivity contribution in [2.45, 2.75) is 69.9 Å². The molecule has 2 aromatic rings. The molecule has 9 heteroatoms. The molecule has 0 atom stereocenters. The van der Waals surface area contributed by atoms with Gasteiger partial charge in [0, 0.05) is 12.7 Å². The van der Waals surface area contributed by atoms with Gasteiger partial charge in [-0.2, -0.15) is 10.1 Å². The van der Waals surface area contributed by atoms with E-state index in [9.17, 15) is 4.79 Å². The van der Waals surface area contributed by atoms with Crippen LogP contribution in [0.4, 0.5) is 0 Å². The first-order valence-corrected chi connectivity index (χ1v) is 9.31. The largest absolute Gasteiger partial charge is 0.337 e. The minimum Gasteiger partial charge on any atom is -0.337 e. The Morgan fingerprint density at radius 1 is 1.19 bits per heavy atom. The van der Waals surface area contributed by atoms with Gasteiger partial charge < -0.3 is 15.6 Å². The van der Waals surface area contributed by atoms with Crippen LogP contribution >= 0.6 is 12.4 Å². The fourth-order valence-electron chi connectivity index (χ4n) is 4.15. The van der Waals surface area contributed by atoms with E-state index in [1.807, 2.05) is 20.9 Å². The van der Waals surface area contributed by atoms with Gasteiger partial charge in [-0.3, -0.25) is 9.48 Å². The highest BCUT2D eigenvalue weighted by molar-refractivity contribution is 5.96. The third kappa shape index (κ3) is 3.14. The number of rotatable bonds is 4. The number of carbonyl (C=O) groups is 1. The Morgan fingerprint density at radius 2 is 1.85 bits per heavy atom. The standard InChI is InChI=1S/C18H26N6O2.ClH/c1-11-13(12(2)24(3)22-11)14(25)21-18(9-4-5-10-18)16-20-15(23-26-16)17(19)7-6-8-17;/h4-10,19H2,1-3H3,(H,21,25);1H. The molecule has 0 aliphatic heterocycles. The maximum Gasteiger partial charge on any atom is 0.255 e. The molecular formula is C18H27ClN6O2. The molecule has 2 aromatic heterocycles. The summed E-state index contributed by atoms with van der Waals surface area (Å²) in [6.07, 6.45) is 6.43. The molecule has 0 saturated heterocycles. The molecule has 2 aliphatic carbocycles. The predicted molar refractivity (Wildman–Crippen MR) is 102 cm³/mol. The van der Waals surface area contributed by atoms with Crippen molar-refractivity contribution in [1.29, 1.82) is 0 Å². The summed E-state index contributed by atoms with van der Waals surface area (Å²) in [6.45, 7) is 3.75. The van der Waals surface area contributed by atoms with E-state index >= 15 is 0 Å². The lowest BCUT2D eigenvalue weighted by molar-refractivity contribution is 0.0873. The van der Waals surface area contributed by atoms with Crippen molar-refractivity contribution in [3.63, 3.8) is 0 Å². The summed E-state index contributed by atoms with van der Waals surface area (Å²) in [5.41, 5.74) is 7.43. The van der Waals surface area contributed by atoms with E-state index in [0.717, 1.165) is 56.3 Å². The first kappa shape index (κ1) is 19.8. The van der Waals surface area contributed by atoms with Crippen molar-refractivity contribution in [3.8, 4) is 0 Å². The lowest BCUT2D eigenvalue weighted by Crippen LogP contribution is -2.46. The topological polar surface area (TPSA) is 112 Å². The predicted octanol–water partition coefficient (Wildman–Crippen LogP) is 2.38. The number of carbonyl (C=O) groups excluding carboxylic acids is 1. The van der Waals surface area contributed by atoms with Crippen LogP contribution in [0.15, 0.2) is 4.52 Å². The van der Waals surface area contributed by atoms with Crippen molar-refractivity contribution in [1.82, 2.24) is 25.2 Å². The van der Waals surface area contributed by atoms with E-state index in [4.69, 9.17) is 10.3 Å². The van der Waals surface area contributed by atoms with Crippen LogP contribution < -0.4 is 11.1 Å². The molecule has 0 spiro atoms. The highest BCUT2D eigenvalue weighted by Gasteiger charge is 2.45. The van der Waals surface area contributed by atoms with Crippen LogP contribution in [-0.2, 0) is 18.1 Å². The smallest absolute Gasteiger partial charge is 0.255 e. The summed E-state index contributed by atoms with van der Waals surface area (Å²) in [6, 6.07) is 0. The third-order valence-corrected chi connectivity index (χ3v) is 6.07. The highest BCUT2D eigenvalue weighted by atomic mass is 35.5. The Morgan fingerprint density at radius 3 is 2.37 bits per heavy atom. The molecule has 4 rings (SSSR count). The quantitative estimate of drug-likeness (QED) is 0.823. The van der Waals surface area contributed by atoms with Gasteiger partial charge in [0.25, 0.3) is 11.8 Å². The SMILES string of the molecule is Cc1nn(C)c(C)c1C(=O)NC1(c2nc(C3(N)CCC3)no2)CCCC1.Cl. The average molecular weight is 395 g/mol. The van der Waals surface area contributed by atoms with E-state index in [-0.39, 0.29) is 18.3 Å². The molecule has 27 heavy (non-hydrogen) atoms. The van der Waals surface area contributed by atoms with Gasteiger partial charge in [0.15, 0.2) is 5.82 Å². The molecule has 2 saturated carbocycles. The minimum absolute atomic E-state index is 0. The zero-order valence-corrected chi connectivity index (χ0v) is 16.9. The zero-order chi connectivity index (χ0) is 18.5. The normalized spacial score (nSPS) is 20.0. The summed E-state index contributed by atoms with van der Waals surface area (Å²) in [5.74, 6) is 0.906. The number of amides is 1.